The van der Waals surface area contributed by atoms with Gasteiger partial charge in [0.15, 0.2) is 4.80 Å². The third-order valence-corrected chi connectivity index (χ3v) is 9.24. The Morgan fingerprint density at radius 3 is 2.68 bits per heavy atom. The fraction of sp³-hybridized carbons (Fsp3) is 0.333. The van der Waals surface area contributed by atoms with Crippen LogP contribution in [0.2, 0.25) is 0 Å². The highest BCUT2D eigenvalue weighted by atomic mass is 32.2. The summed E-state index contributed by atoms with van der Waals surface area (Å²) in [5.74, 6) is -0.890. The minimum atomic E-state index is -3.48. The molecule has 0 saturated carbocycles. The number of rotatable bonds is 3. The number of aromatic nitrogens is 1. The number of carbonyl (C=O) groups excluding carboxylic acids is 1. The quantitative estimate of drug-likeness (QED) is 0.630. The maximum Gasteiger partial charge on any atom is 0.252 e. The summed E-state index contributed by atoms with van der Waals surface area (Å²) in [7, 11) is -1.69. The number of thiophene rings is 1. The van der Waals surface area contributed by atoms with Crippen molar-refractivity contribution < 1.29 is 17.6 Å². The van der Waals surface area contributed by atoms with Gasteiger partial charge in [0.25, 0.3) is 15.9 Å². The second-order valence-electron chi connectivity index (χ2n) is 6.62. The highest BCUT2D eigenvalue weighted by molar-refractivity contribution is 7.91. The molecule has 1 amide bonds. The molecule has 1 fully saturated rings. The van der Waals surface area contributed by atoms with Gasteiger partial charge in [0, 0.05) is 26.1 Å². The zero-order valence-electron chi connectivity index (χ0n) is 15.0. The Balaban J connectivity index is 1.50. The molecule has 148 valence electrons. The van der Waals surface area contributed by atoms with Crippen molar-refractivity contribution in [3.05, 3.63) is 46.3 Å². The van der Waals surface area contributed by atoms with Crippen LogP contribution in [-0.4, -0.2) is 36.3 Å². The Morgan fingerprint density at radius 1 is 1.25 bits per heavy atom. The minimum Gasteiger partial charge on any atom is -0.319 e. The van der Waals surface area contributed by atoms with Crippen LogP contribution in [0.1, 0.15) is 12.8 Å². The van der Waals surface area contributed by atoms with Gasteiger partial charge in [-0.15, -0.1) is 11.3 Å². The third kappa shape index (κ3) is 3.57. The molecule has 0 bridgehead atoms. The summed E-state index contributed by atoms with van der Waals surface area (Å²) in [5.41, 5.74) is 0.815. The maximum atomic E-state index is 13.4. The molecular weight excluding hydrogens is 421 g/mol. The molecule has 0 N–H and O–H groups in total. The van der Waals surface area contributed by atoms with Crippen molar-refractivity contribution in [3.8, 4) is 0 Å². The first-order chi connectivity index (χ1) is 13.4. The van der Waals surface area contributed by atoms with E-state index in [9.17, 15) is 17.6 Å². The topological polar surface area (TPSA) is 71.7 Å². The number of aryl methyl sites for hydroxylation is 1. The van der Waals surface area contributed by atoms with Crippen molar-refractivity contribution in [1.29, 1.82) is 0 Å². The number of fused-ring (bicyclic) bond motifs is 1. The Kier molecular flexibility index (Phi) is 5.21. The average molecular weight is 440 g/mol. The first-order valence-electron chi connectivity index (χ1n) is 8.73. The summed E-state index contributed by atoms with van der Waals surface area (Å²) in [6, 6.07) is 7.78. The summed E-state index contributed by atoms with van der Waals surface area (Å²) in [6.07, 6.45) is 0.881. The van der Waals surface area contributed by atoms with Crippen LogP contribution in [-0.2, 0) is 21.9 Å². The van der Waals surface area contributed by atoms with E-state index in [1.165, 1.54) is 39.1 Å². The van der Waals surface area contributed by atoms with Gasteiger partial charge < -0.3 is 4.57 Å². The summed E-state index contributed by atoms with van der Waals surface area (Å²) >= 11 is 2.46. The highest BCUT2D eigenvalue weighted by Crippen LogP contribution is 2.27. The standard InChI is InChI=1S/C18H18FN3O3S3/c1-21-14-5-4-13(19)11-15(14)27-18(21)20-17(23)12-6-8-22(9-7-12)28(24,25)16-3-2-10-26-16/h2-5,10-12H,6-9H2,1H3. The monoisotopic (exact) mass is 439 g/mol. The largest absolute Gasteiger partial charge is 0.319 e. The van der Waals surface area contributed by atoms with Crippen LogP contribution in [0.3, 0.4) is 0 Å². The van der Waals surface area contributed by atoms with Crippen molar-refractivity contribution in [2.24, 2.45) is 18.0 Å². The van der Waals surface area contributed by atoms with Crippen LogP contribution in [0, 0.1) is 11.7 Å². The number of piperidine rings is 1. The highest BCUT2D eigenvalue weighted by Gasteiger charge is 2.32. The van der Waals surface area contributed by atoms with Crippen LogP contribution < -0.4 is 4.80 Å². The molecule has 28 heavy (non-hydrogen) atoms. The number of sulfonamides is 1. The van der Waals surface area contributed by atoms with E-state index in [4.69, 9.17) is 0 Å². The van der Waals surface area contributed by atoms with Gasteiger partial charge >= 0.3 is 0 Å². The first-order valence-corrected chi connectivity index (χ1v) is 11.9. The van der Waals surface area contributed by atoms with Crippen LogP contribution in [0.5, 0.6) is 0 Å². The molecule has 10 heteroatoms. The lowest BCUT2D eigenvalue weighted by molar-refractivity contribution is -0.122. The van der Waals surface area contributed by atoms with E-state index in [1.54, 1.807) is 35.2 Å². The van der Waals surface area contributed by atoms with Gasteiger partial charge in [0.1, 0.15) is 10.0 Å². The van der Waals surface area contributed by atoms with E-state index in [1.807, 2.05) is 0 Å². The molecule has 6 nitrogen and oxygen atoms in total. The molecule has 1 aliphatic rings. The summed E-state index contributed by atoms with van der Waals surface area (Å²) in [5, 5.41) is 1.74. The molecule has 0 spiro atoms. The van der Waals surface area contributed by atoms with E-state index in [0.29, 0.717) is 34.9 Å². The van der Waals surface area contributed by atoms with Gasteiger partial charge in [-0.3, -0.25) is 4.79 Å². The van der Waals surface area contributed by atoms with E-state index in [-0.39, 0.29) is 17.6 Å². The Morgan fingerprint density at radius 2 is 2.00 bits per heavy atom. The zero-order valence-corrected chi connectivity index (χ0v) is 17.5. The number of halogens is 1. The van der Waals surface area contributed by atoms with Crippen molar-refractivity contribution in [2.75, 3.05) is 13.1 Å². The first kappa shape index (κ1) is 19.4. The molecular formula is C18H18FN3O3S3. The molecule has 0 atom stereocenters. The normalized spacial score (nSPS) is 17.4. The lowest BCUT2D eigenvalue weighted by Crippen LogP contribution is -2.40. The van der Waals surface area contributed by atoms with Crippen molar-refractivity contribution in [2.45, 2.75) is 17.1 Å². The molecule has 4 rings (SSSR count). The number of hydrogen-bond donors (Lipinski definition) is 0. The number of thiazole rings is 1. The number of carbonyl (C=O) groups is 1. The van der Waals surface area contributed by atoms with Gasteiger partial charge in [-0.2, -0.15) is 9.30 Å². The summed E-state index contributed by atoms with van der Waals surface area (Å²) in [4.78, 5) is 17.4. The van der Waals surface area contributed by atoms with Gasteiger partial charge in [0.2, 0.25) is 0 Å². The lowest BCUT2D eigenvalue weighted by Gasteiger charge is -2.29. The predicted molar refractivity (Wildman–Crippen MR) is 107 cm³/mol. The third-order valence-electron chi connectivity index (χ3n) is 4.87. The molecule has 2 aromatic heterocycles. The van der Waals surface area contributed by atoms with Gasteiger partial charge in [-0.05, 0) is 42.5 Å². The van der Waals surface area contributed by atoms with E-state index in [2.05, 4.69) is 4.99 Å². The molecule has 1 saturated heterocycles. The number of benzene rings is 1. The molecule has 0 unspecified atom stereocenters. The van der Waals surface area contributed by atoms with Crippen molar-refractivity contribution in [3.63, 3.8) is 0 Å². The van der Waals surface area contributed by atoms with Crippen LogP contribution >= 0.6 is 22.7 Å². The van der Waals surface area contributed by atoms with Crippen LogP contribution in [0.4, 0.5) is 4.39 Å². The molecule has 1 aliphatic heterocycles. The summed E-state index contributed by atoms with van der Waals surface area (Å²) < 4.78 is 42.8. The van der Waals surface area contributed by atoms with Crippen LogP contribution in [0.15, 0.2) is 44.9 Å². The second kappa shape index (κ2) is 7.51. The molecule has 0 aliphatic carbocycles. The van der Waals surface area contributed by atoms with E-state index < -0.39 is 10.0 Å². The van der Waals surface area contributed by atoms with Gasteiger partial charge in [-0.1, -0.05) is 17.4 Å². The zero-order chi connectivity index (χ0) is 19.9. The van der Waals surface area contributed by atoms with Crippen LogP contribution in [0.25, 0.3) is 10.2 Å². The molecule has 1 aromatic carbocycles. The lowest BCUT2D eigenvalue weighted by atomic mass is 9.98. The fourth-order valence-corrected chi connectivity index (χ4v) is 6.94. The van der Waals surface area contributed by atoms with E-state index >= 15 is 0 Å². The second-order valence-corrected chi connectivity index (χ2v) is 10.7. The summed E-state index contributed by atoms with van der Waals surface area (Å²) in [6.45, 7) is 0.603. The SMILES string of the molecule is Cn1c(=NC(=O)C2CCN(S(=O)(=O)c3cccs3)CC2)sc2cc(F)ccc21. The van der Waals surface area contributed by atoms with Gasteiger partial charge in [-0.25, -0.2) is 12.8 Å². The maximum absolute atomic E-state index is 13.4. The van der Waals surface area contributed by atoms with Crippen molar-refractivity contribution >= 4 is 48.8 Å². The van der Waals surface area contributed by atoms with Gasteiger partial charge in [0.05, 0.1) is 10.2 Å². The average Bonchev–Trinajstić information content (AvgIpc) is 3.31. The molecule has 3 heterocycles. The predicted octanol–water partition coefficient (Wildman–Crippen LogP) is 2.97. The number of nitrogens with zero attached hydrogens (tertiary/aromatic N) is 3. The minimum absolute atomic E-state index is 0.254. The smallest absolute Gasteiger partial charge is 0.252 e. The molecule has 0 radical (unpaired) electrons. The van der Waals surface area contributed by atoms with Crippen molar-refractivity contribution in [1.82, 2.24) is 8.87 Å². The Hall–Kier alpha value is -1.88. The Labute approximate surface area is 169 Å². The number of amides is 1. The fourth-order valence-electron chi connectivity index (χ4n) is 3.28. The molecule has 3 aromatic rings. The number of hydrogen-bond acceptors (Lipinski definition) is 5. The Bertz CT molecular complexity index is 1190. The van der Waals surface area contributed by atoms with E-state index in [0.717, 1.165) is 10.2 Å².